The van der Waals surface area contributed by atoms with E-state index in [2.05, 4.69) is 161 Å². The Balaban J connectivity index is 1.24. The normalized spacial score (nSPS) is 13.6. The second-order valence-electron chi connectivity index (χ2n) is 11.8. The minimum atomic E-state index is 0.444. The van der Waals surface area contributed by atoms with Gasteiger partial charge in [-0.25, -0.2) is 0 Å². The summed E-state index contributed by atoms with van der Waals surface area (Å²) in [6.07, 6.45) is 7.76. The van der Waals surface area contributed by atoms with E-state index in [1.54, 1.807) is 0 Å². The van der Waals surface area contributed by atoms with Gasteiger partial charge >= 0.3 is 0 Å². The topological polar surface area (TPSA) is 52.8 Å². The van der Waals surface area contributed by atoms with Gasteiger partial charge in [0.05, 0.1) is 34.8 Å². The standard InChI is InChI=1S/C44H34N4/c45-40-22-12-10-21-39(40)42(34-26-24-32(25-27-34)31-14-4-1-5-15-31)46-30-47-43-36(33-16-6-2-7-17-33)28-29-38-37-20-11-13-23-41(37)48(44(38)43)35-18-8-3-9-19-35/h1-29,45-47H,30H2/b42-39-,45-40?. The van der Waals surface area contributed by atoms with Crippen LogP contribution in [-0.4, -0.2) is 16.9 Å². The number of para-hydroxylation sites is 2. The average molecular weight is 619 g/mol. The van der Waals surface area contributed by atoms with E-state index in [1.807, 2.05) is 30.4 Å². The summed E-state index contributed by atoms with van der Waals surface area (Å²) in [5, 5.41) is 18.7. The van der Waals surface area contributed by atoms with Gasteiger partial charge in [0, 0.05) is 27.6 Å². The molecule has 4 heteroatoms. The van der Waals surface area contributed by atoms with Crippen LogP contribution in [0, 0.1) is 5.41 Å². The Morgan fingerprint density at radius 1 is 0.562 bits per heavy atom. The molecule has 7 aromatic rings. The molecule has 4 nitrogen and oxygen atoms in total. The van der Waals surface area contributed by atoms with Gasteiger partial charge < -0.3 is 20.6 Å². The maximum atomic E-state index is 8.78. The summed E-state index contributed by atoms with van der Waals surface area (Å²) < 4.78 is 2.37. The molecule has 0 bridgehead atoms. The lowest BCUT2D eigenvalue weighted by atomic mass is 9.97. The lowest BCUT2D eigenvalue weighted by Crippen LogP contribution is -2.24. The first kappa shape index (κ1) is 29.0. The SMILES string of the molecule is N=C1C=CC=C/C1=C(/NCNc1c(-c2ccccc2)ccc2c3ccccc3n(-c3ccccc3)c12)c1ccc(-c2ccccc2)cc1. The number of allylic oxidation sites excluding steroid dienone is 5. The Morgan fingerprint density at radius 3 is 1.92 bits per heavy atom. The predicted molar refractivity (Wildman–Crippen MR) is 203 cm³/mol. The van der Waals surface area contributed by atoms with Crippen LogP contribution in [0.25, 0.3) is 55.4 Å². The molecule has 6 aromatic carbocycles. The number of anilines is 1. The number of aromatic nitrogens is 1. The van der Waals surface area contributed by atoms with Crippen molar-refractivity contribution in [1.82, 2.24) is 9.88 Å². The molecule has 1 heterocycles. The van der Waals surface area contributed by atoms with E-state index in [4.69, 9.17) is 5.41 Å². The maximum Gasteiger partial charge on any atom is 0.0850 e. The van der Waals surface area contributed by atoms with Crippen molar-refractivity contribution in [2.24, 2.45) is 0 Å². The van der Waals surface area contributed by atoms with Gasteiger partial charge in [-0.3, -0.25) is 0 Å². The highest BCUT2D eigenvalue weighted by molar-refractivity contribution is 6.16. The fourth-order valence-electron chi connectivity index (χ4n) is 6.67. The van der Waals surface area contributed by atoms with E-state index in [1.165, 1.54) is 16.3 Å². The minimum absolute atomic E-state index is 0.444. The zero-order valence-electron chi connectivity index (χ0n) is 26.4. The molecule has 1 aliphatic carbocycles. The fourth-order valence-corrected chi connectivity index (χ4v) is 6.67. The van der Waals surface area contributed by atoms with Gasteiger partial charge in [-0.1, -0.05) is 152 Å². The summed E-state index contributed by atoms with van der Waals surface area (Å²) in [7, 11) is 0. The molecule has 3 N–H and O–H groups in total. The number of hydrogen-bond acceptors (Lipinski definition) is 3. The van der Waals surface area contributed by atoms with Gasteiger partial charge in [0.2, 0.25) is 0 Å². The molecule has 0 saturated heterocycles. The molecule has 0 atom stereocenters. The van der Waals surface area contributed by atoms with Crippen LogP contribution in [0.1, 0.15) is 5.56 Å². The first-order valence-electron chi connectivity index (χ1n) is 16.2. The number of nitrogens with one attached hydrogen (secondary N) is 3. The highest BCUT2D eigenvalue weighted by Crippen LogP contribution is 2.41. The monoisotopic (exact) mass is 618 g/mol. The lowest BCUT2D eigenvalue weighted by molar-refractivity contribution is 0.949. The molecule has 0 aliphatic heterocycles. The predicted octanol–water partition coefficient (Wildman–Crippen LogP) is 10.6. The average Bonchev–Trinajstić information content (AvgIpc) is 3.50. The van der Waals surface area contributed by atoms with Gasteiger partial charge in [-0.05, 0) is 46.5 Å². The molecule has 230 valence electrons. The molecule has 0 fully saturated rings. The molecule has 48 heavy (non-hydrogen) atoms. The largest absolute Gasteiger partial charge is 0.367 e. The van der Waals surface area contributed by atoms with Crippen molar-refractivity contribution >= 4 is 38.9 Å². The van der Waals surface area contributed by atoms with Gasteiger partial charge in [-0.15, -0.1) is 0 Å². The van der Waals surface area contributed by atoms with E-state index in [0.717, 1.165) is 55.9 Å². The second kappa shape index (κ2) is 12.8. The zero-order chi connectivity index (χ0) is 32.3. The van der Waals surface area contributed by atoms with Crippen LogP contribution >= 0.6 is 0 Å². The van der Waals surface area contributed by atoms with Crippen molar-refractivity contribution < 1.29 is 0 Å². The maximum absolute atomic E-state index is 8.78. The molecule has 0 unspecified atom stereocenters. The van der Waals surface area contributed by atoms with E-state index in [0.29, 0.717) is 12.4 Å². The van der Waals surface area contributed by atoms with Crippen LogP contribution in [0.4, 0.5) is 5.69 Å². The lowest BCUT2D eigenvalue weighted by Gasteiger charge is -2.21. The van der Waals surface area contributed by atoms with E-state index in [9.17, 15) is 0 Å². The highest BCUT2D eigenvalue weighted by Gasteiger charge is 2.19. The Morgan fingerprint density at radius 2 is 1.19 bits per heavy atom. The third-order valence-corrected chi connectivity index (χ3v) is 8.94. The summed E-state index contributed by atoms with van der Waals surface area (Å²) in [5.74, 6) is 0. The Labute approximate surface area is 280 Å². The van der Waals surface area contributed by atoms with E-state index < -0.39 is 0 Å². The van der Waals surface area contributed by atoms with Gasteiger partial charge in [0.15, 0.2) is 0 Å². The van der Waals surface area contributed by atoms with Crippen molar-refractivity contribution in [1.29, 1.82) is 5.41 Å². The van der Waals surface area contributed by atoms with Crippen LogP contribution in [0.2, 0.25) is 0 Å². The zero-order valence-corrected chi connectivity index (χ0v) is 26.4. The number of rotatable bonds is 8. The Hall–Kier alpha value is -6.39. The van der Waals surface area contributed by atoms with E-state index in [-0.39, 0.29) is 0 Å². The third kappa shape index (κ3) is 5.40. The molecule has 0 saturated carbocycles. The minimum Gasteiger partial charge on any atom is -0.367 e. The number of fused-ring (bicyclic) bond motifs is 3. The first-order valence-corrected chi connectivity index (χ1v) is 16.2. The van der Waals surface area contributed by atoms with Crippen LogP contribution in [-0.2, 0) is 0 Å². The van der Waals surface area contributed by atoms with Gasteiger partial charge in [0.1, 0.15) is 0 Å². The molecular weight excluding hydrogens is 585 g/mol. The molecule has 0 spiro atoms. The van der Waals surface area contributed by atoms with Crippen molar-refractivity contribution in [2.75, 3.05) is 12.0 Å². The number of benzene rings is 6. The fraction of sp³-hybridized carbons (Fsp3) is 0.0227. The van der Waals surface area contributed by atoms with Crippen LogP contribution in [0.3, 0.4) is 0 Å². The summed E-state index contributed by atoms with van der Waals surface area (Å²) in [5.41, 5.74) is 12.3. The molecule has 8 rings (SSSR count). The first-order chi connectivity index (χ1) is 23.8. The molecule has 1 aliphatic rings. The summed E-state index contributed by atoms with van der Waals surface area (Å²) in [4.78, 5) is 0. The van der Waals surface area contributed by atoms with E-state index >= 15 is 0 Å². The Bertz CT molecular complexity index is 2350. The quantitative estimate of drug-likeness (QED) is 0.148. The van der Waals surface area contributed by atoms with Crippen molar-refractivity contribution in [3.63, 3.8) is 0 Å². The van der Waals surface area contributed by atoms with Crippen LogP contribution in [0.5, 0.6) is 0 Å². The highest BCUT2D eigenvalue weighted by atomic mass is 15.1. The Kier molecular flexibility index (Phi) is 7.73. The van der Waals surface area contributed by atoms with Crippen LogP contribution < -0.4 is 10.6 Å². The smallest absolute Gasteiger partial charge is 0.0850 e. The molecular formula is C44H34N4. The molecule has 0 amide bonds. The molecule has 0 radical (unpaired) electrons. The van der Waals surface area contributed by atoms with Crippen molar-refractivity contribution in [2.45, 2.75) is 0 Å². The third-order valence-electron chi connectivity index (χ3n) is 8.94. The second-order valence-corrected chi connectivity index (χ2v) is 11.8. The molecule has 1 aromatic heterocycles. The van der Waals surface area contributed by atoms with Crippen molar-refractivity contribution in [3.05, 3.63) is 187 Å². The van der Waals surface area contributed by atoms with Crippen LogP contribution in [0.15, 0.2) is 182 Å². The number of hydrogen-bond donors (Lipinski definition) is 3. The summed E-state index contributed by atoms with van der Waals surface area (Å²) >= 11 is 0. The summed E-state index contributed by atoms with van der Waals surface area (Å²) in [6, 6.07) is 53.2. The summed E-state index contributed by atoms with van der Waals surface area (Å²) in [6.45, 7) is 0.444. The van der Waals surface area contributed by atoms with Crippen molar-refractivity contribution in [3.8, 4) is 27.9 Å². The van der Waals surface area contributed by atoms with Gasteiger partial charge in [-0.2, -0.15) is 0 Å². The van der Waals surface area contributed by atoms with Gasteiger partial charge in [0.25, 0.3) is 0 Å². The number of nitrogens with zero attached hydrogens (tertiary/aromatic N) is 1.